The molecule has 0 spiro atoms. The van der Waals surface area contributed by atoms with Gasteiger partial charge in [0.2, 0.25) is 0 Å². The topological polar surface area (TPSA) is 35.5 Å². The molecule has 0 bridgehead atoms. The highest BCUT2D eigenvalue weighted by Gasteiger charge is 2.70. The van der Waals surface area contributed by atoms with Crippen LogP contribution in [0.5, 0.6) is 0 Å². The van der Waals surface area contributed by atoms with Gasteiger partial charge in [-0.1, -0.05) is 0 Å². The minimum absolute atomic E-state index is 1.94. The van der Waals surface area contributed by atoms with E-state index in [9.17, 15) is 26.7 Å². The van der Waals surface area contributed by atoms with Crippen LogP contribution in [0.3, 0.4) is 0 Å². The van der Waals surface area contributed by atoms with E-state index in [1.807, 2.05) is 0 Å². The van der Waals surface area contributed by atoms with Gasteiger partial charge in [-0.3, -0.25) is 0 Å². The molecule has 0 N–H and O–H groups in total. The van der Waals surface area contributed by atoms with Crippen LogP contribution in [0.1, 0.15) is 0 Å². The van der Waals surface area contributed by atoms with E-state index in [1.165, 1.54) is 0 Å². The molecule has 1 rings (SSSR count). The van der Waals surface area contributed by atoms with Gasteiger partial charge < -0.3 is 9.47 Å². The molecule has 0 radical (unpaired) electrons. The zero-order valence-electron chi connectivity index (χ0n) is 5.90. The minimum Gasteiger partial charge on any atom is -0.392 e. The fourth-order valence-corrected chi connectivity index (χ4v) is 0.684. The maximum absolute atomic E-state index is 12.8. The van der Waals surface area contributed by atoms with E-state index in [0.29, 0.717) is 0 Å². The third kappa shape index (κ3) is 1.29. The van der Waals surface area contributed by atoms with Crippen molar-refractivity contribution in [3.63, 3.8) is 0 Å². The van der Waals surface area contributed by atoms with Gasteiger partial charge in [0.25, 0.3) is 0 Å². The van der Waals surface area contributed by atoms with Gasteiger partial charge in [-0.2, -0.15) is 17.6 Å². The molecule has 2 unspecified atom stereocenters. The van der Waals surface area contributed by atoms with Crippen molar-refractivity contribution >= 4 is 6.16 Å². The van der Waals surface area contributed by atoms with Crippen molar-refractivity contribution in [3.05, 3.63) is 0 Å². The molecule has 1 fully saturated rings. The fourth-order valence-electron chi connectivity index (χ4n) is 0.684. The molecule has 1 aliphatic heterocycles. The summed E-state index contributed by atoms with van der Waals surface area (Å²) in [6, 6.07) is 0. The van der Waals surface area contributed by atoms with Crippen molar-refractivity contribution in [1.29, 1.82) is 0 Å². The highest BCUT2D eigenvalue weighted by atomic mass is 19.3. The SMILES string of the molecule is O=C1OC(F)C(F)(C(F)(F)CF)O1. The number of hydrogen-bond acceptors (Lipinski definition) is 3. The van der Waals surface area contributed by atoms with Crippen molar-refractivity contribution in [2.24, 2.45) is 0 Å². The summed E-state index contributed by atoms with van der Waals surface area (Å²) in [4.78, 5) is 10.1. The van der Waals surface area contributed by atoms with Crippen molar-refractivity contribution in [1.82, 2.24) is 0 Å². The highest BCUT2D eigenvalue weighted by molar-refractivity contribution is 5.63. The molecule has 76 valence electrons. The molecular weight excluding hydrogens is 203 g/mol. The number of carbonyl (C=O) groups excluding carboxylic acids is 1. The lowest BCUT2D eigenvalue weighted by Crippen LogP contribution is -2.51. The molecule has 1 aliphatic rings. The number of rotatable bonds is 2. The van der Waals surface area contributed by atoms with Crippen LogP contribution < -0.4 is 0 Å². The van der Waals surface area contributed by atoms with Crippen LogP contribution in [0.15, 0.2) is 0 Å². The average molecular weight is 206 g/mol. The highest BCUT2D eigenvalue weighted by Crippen LogP contribution is 2.42. The first kappa shape index (κ1) is 10.0. The number of alkyl halides is 5. The molecule has 0 aromatic rings. The van der Waals surface area contributed by atoms with Gasteiger partial charge in [-0.25, -0.2) is 9.18 Å². The van der Waals surface area contributed by atoms with Crippen LogP contribution in [-0.2, 0) is 9.47 Å². The molecule has 0 amide bonds. The normalized spacial score (nSPS) is 34.2. The monoisotopic (exact) mass is 206 g/mol. The molecule has 1 saturated heterocycles. The Morgan fingerprint density at radius 3 is 2.38 bits per heavy atom. The summed E-state index contributed by atoms with van der Waals surface area (Å²) in [6.45, 7) is -2.50. The Morgan fingerprint density at radius 1 is 1.54 bits per heavy atom. The van der Waals surface area contributed by atoms with Crippen molar-refractivity contribution in [3.8, 4) is 0 Å². The molecule has 8 heteroatoms. The van der Waals surface area contributed by atoms with Crippen LogP contribution in [0.4, 0.5) is 26.7 Å². The second kappa shape index (κ2) is 2.71. The van der Waals surface area contributed by atoms with E-state index in [-0.39, 0.29) is 0 Å². The number of carbonyl (C=O) groups is 1. The van der Waals surface area contributed by atoms with Gasteiger partial charge in [0, 0.05) is 0 Å². The molecule has 1 heterocycles. The van der Waals surface area contributed by atoms with E-state index in [0.717, 1.165) is 0 Å². The van der Waals surface area contributed by atoms with Crippen LogP contribution in [0.2, 0.25) is 0 Å². The average Bonchev–Trinajstić information content (AvgIpc) is 2.27. The van der Waals surface area contributed by atoms with Gasteiger partial charge in [0.15, 0.2) is 6.67 Å². The maximum atomic E-state index is 12.8. The van der Waals surface area contributed by atoms with Gasteiger partial charge in [-0.05, 0) is 0 Å². The predicted octanol–water partition coefficient (Wildman–Crippen LogP) is 1.72. The summed E-state index contributed by atoms with van der Waals surface area (Å²) < 4.78 is 67.9. The Balaban J connectivity index is 2.93. The van der Waals surface area contributed by atoms with E-state index >= 15 is 0 Å². The predicted molar refractivity (Wildman–Crippen MR) is 27.2 cm³/mol. The third-order valence-electron chi connectivity index (χ3n) is 1.39. The first-order valence-corrected chi connectivity index (χ1v) is 3.00. The van der Waals surface area contributed by atoms with E-state index in [2.05, 4.69) is 9.47 Å². The summed E-state index contributed by atoms with van der Waals surface area (Å²) in [5.41, 5.74) is 0. The Morgan fingerprint density at radius 2 is 2.08 bits per heavy atom. The summed E-state index contributed by atoms with van der Waals surface area (Å²) in [5.74, 6) is -9.14. The van der Waals surface area contributed by atoms with Crippen molar-refractivity contribution in [2.45, 2.75) is 18.1 Å². The van der Waals surface area contributed by atoms with Crippen molar-refractivity contribution < 1.29 is 36.2 Å². The number of ether oxygens (including phenoxy) is 2. The second-order valence-corrected chi connectivity index (χ2v) is 2.27. The van der Waals surface area contributed by atoms with Crippen LogP contribution in [-0.4, -0.2) is 31.0 Å². The van der Waals surface area contributed by atoms with E-state index in [4.69, 9.17) is 0 Å². The molecular formula is C5H3F5O3. The smallest absolute Gasteiger partial charge is 0.392 e. The number of halogens is 5. The van der Waals surface area contributed by atoms with Crippen LogP contribution in [0.25, 0.3) is 0 Å². The third-order valence-corrected chi connectivity index (χ3v) is 1.39. The van der Waals surface area contributed by atoms with Gasteiger partial charge in [-0.15, -0.1) is 0 Å². The zero-order valence-corrected chi connectivity index (χ0v) is 5.90. The van der Waals surface area contributed by atoms with Crippen LogP contribution >= 0.6 is 0 Å². The first-order valence-electron chi connectivity index (χ1n) is 3.00. The quantitative estimate of drug-likeness (QED) is 0.509. The molecule has 0 aromatic heterocycles. The molecule has 2 atom stereocenters. The summed E-state index contributed by atoms with van der Waals surface area (Å²) in [7, 11) is 0. The number of cyclic esters (lactones) is 2. The maximum Gasteiger partial charge on any atom is 0.514 e. The zero-order chi connectivity index (χ0) is 10.3. The lowest BCUT2D eigenvalue weighted by Gasteiger charge is -2.24. The molecule has 0 saturated carbocycles. The molecule has 13 heavy (non-hydrogen) atoms. The second-order valence-electron chi connectivity index (χ2n) is 2.27. The Hall–Kier alpha value is -1.08. The first-order chi connectivity index (χ1) is 5.83. The Bertz CT molecular complexity index is 232. The Kier molecular flexibility index (Phi) is 2.08. The molecule has 0 aromatic carbocycles. The van der Waals surface area contributed by atoms with Gasteiger partial charge >= 0.3 is 24.3 Å². The summed E-state index contributed by atoms with van der Waals surface area (Å²) >= 11 is 0. The standard InChI is InChI=1S/C5H3F5O3/c6-1-4(8,9)5(10)2(7)12-3(11)13-5/h2H,1H2. The number of hydrogen-bond donors (Lipinski definition) is 0. The largest absolute Gasteiger partial charge is 0.514 e. The van der Waals surface area contributed by atoms with Gasteiger partial charge in [0.05, 0.1) is 0 Å². The minimum atomic E-state index is -4.77. The fraction of sp³-hybridized carbons (Fsp3) is 0.800. The lowest BCUT2D eigenvalue weighted by atomic mass is 10.2. The molecule has 3 nitrogen and oxygen atoms in total. The van der Waals surface area contributed by atoms with E-state index < -0.39 is 31.0 Å². The van der Waals surface area contributed by atoms with Crippen LogP contribution in [0, 0.1) is 0 Å². The van der Waals surface area contributed by atoms with Gasteiger partial charge in [0.1, 0.15) is 0 Å². The molecule has 0 aliphatic carbocycles. The lowest BCUT2D eigenvalue weighted by molar-refractivity contribution is -0.276. The Labute approximate surface area is 68.4 Å². The summed E-state index contributed by atoms with van der Waals surface area (Å²) in [5, 5.41) is 0. The van der Waals surface area contributed by atoms with Crippen molar-refractivity contribution in [2.75, 3.05) is 6.67 Å². The van der Waals surface area contributed by atoms with E-state index in [1.54, 1.807) is 0 Å². The summed E-state index contributed by atoms with van der Waals surface area (Å²) in [6.07, 6.45) is -5.27.